The topological polar surface area (TPSA) is 62.7 Å². The maximum atomic E-state index is 12.1. The second kappa shape index (κ2) is 5.09. The zero-order chi connectivity index (χ0) is 14.1. The summed E-state index contributed by atoms with van der Waals surface area (Å²) in [5.41, 5.74) is 9.61. The summed E-state index contributed by atoms with van der Waals surface area (Å²) in [6.07, 6.45) is 6.84. The Balaban J connectivity index is 1.93. The monoisotopic (exact) mass is 264 g/mol. The molecule has 2 aliphatic carbocycles. The Morgan fingerprint density at radius 3 is 2.47 bits per heavy atom. The van der Waals surface area contributed by atoms with E-state index in [4.69, 9.17) is 10.3 Å². The SMILES string of the molecule is CC(C)(C)OC(=O)[C@@H]1CCC2(CCC(=[N+]=[N-])CC2)C1. The van der Waals surface area contributed by atoms with Crippen molar-refractivity contribution < 1.29 is 14.3 Å². The van der Waals surface area contributed by atoms with Crippen LogP contribution >= 0.6 is 0 Å². The molecule has 106 valence electrons. The average Bonchev–Trinajstić information content (AvgIpc) is 2.73. The Bertz CT molecular complexity index is 406. The van der Waals surface area contributed by atoms with Crippen LogP contribution in [0.3, 0.4) is 0 Å². The van der Waals surface area contributed by atoms with Crippen LogP contribution in [-0.2, 0) is 9.53 Å². The molecule has 0 bridgehead atoms. The van der Waals surface area contributed by atoms with Gasteiger partial charge in [0.05, 0.1) is 5.92 Å². The third kappa shape index (κ3) is 3.44. The van der Waals surface area contributed by atoms with Crippen molar-refractivity contribution in [1.29, 1.82) is 0 Å². The predicted molar refractivity (Wildman–Crippen MR) is 72.7 cm³/mol. The highest BCUT2D eigenvalue weighted by Gasteiger charge is 2.45. The first-order valence-electron chi connectivity index (χ1n) is 7.26. The van der Waals surface area contributed by atoms with Gasteiger partial charge in [-0.15, -0.1) is 0 Å². The van der Waals surface area contributed by atoms with Crippen LogP contribution < -0.4 is 0 Å². The molecule has 2 rings (SSSR count). The molecule has 19 heavy (non-hydrogen) atoms. The van der Waals surface area contributed by atoms with E-state index in [1.54, 1.807) is 0 Å². The number of ether oxygens (including phenoxy) is 1. The number of esters is 1. The molecule has 4 heteroatoms. The zero-order valence-electron chi connectivity index (χ0n) is 12.2. The first-order chi connectivity index (χ1) is 8.84. The molecular weight excluding hydrogens is 240 g/mol. The van der Waals surface area contributed by atoms with Crippen molar-refractivity contribution >= 4 is 11.7 Å². The summed E-state index contributed by atoms with van der Waals surface area (Å²) >= 11 is 0. The summed E-state index contributed by atoms with van der Waals surface area (Å²) in [4.78, 5) is 15.5. The van der Waals surface area contributed by atoms with Crippen LogP contribution in [0, 0.1) is 11.3 Å². The Kier molecular flexibility index (Phi) is 3.82. The fourth-order valence-corrected chi connectivity index (χ4v) is 3.42. The van der Waals surface area contributed by atoms with Gasteiger partial charge in [0.2, 0.25) is 0 Å². The second-order valence-electron chi connectivity index (χ2n) is 7.14. The predicted octanol–water partition coefficient (Wildman–Crippen LogP) is 3.36. The second-order valence-corrected chi connectivity index (χ2v) is 7.14. The lowest BCUT2D eigenvalue weighted by atomic mass is 9.72. The molecule has 0 aromatic heterocycles. The average molecular weight is 264 g/mol. The molecule has 2 fully saturated rings. The maximum absolute atomic E-state index is 12.1. The first-order valence-corrected chi connectivity index (χ1v) is 7.26. The molecule has 1 atom stereocenters. The van der Waals surface area contributed by atoms with Crippen molar-refractivity contribution in [3.05, 3.63) is 5.53 Å². The van der Waals surface area contributed by atoms with Gasteiger partial charge in [0.25, 0.3) is 5.71 Å². The quantitative estimate of drug-likeness (QED) is 0.414. The van der Waals surface area contributed by atoms with Crippen molar-refractivity contribution in [2.75, 3.05) is 0 Å². The normalized spacial score (nSPS) is 31.3. The highest BCUT2D eigenvalue weighted by atomic mass is 16.6. The summed E-state index contributed by atoms with van der Waals surface area (Å²) in [5, 5.41) is 0. The van der Waals surface area contributed by atoms with Crippen LogP contribution in [0.4, 0.5) is 0 Å². The molecule has 0 heterocycles. The van der Waals surface area contributed by atoms with Crippen LogP contribution in [0.1, 0.15) is 65.7 Å². The van der Waals surface area contributed by atoms with Gasteiger partial charge in [-0.3, -0.25) is 4.79 Å². The molecule has 0 saturated heterocycles. The van der Waals surface area contributed by atoms with Gasteiger partial charge in [0.1, 0.15) is 5.60 Å². The van der Waals surface area contributed by atoms with Crippen molar-refractivity contribution in [1.82, 2.24) is 0 Å². The fourth-order valence-electron chi connectivity index (χ4n) is 3.42. The zero-order valence-corrected chi connectivity index (χ0v) is 12.2. The Morgan fingerprint density at radius 1 is 1.32 bits per heavy atom. The van der Waals surface area contributed by atoms with Crippen LogP contribution in [0.5, 0.6) is 0 Å². The first kappa shape index (κ1) is 14.3. The molecular formula is C15H24N2O2. The summed E-state index contributed by atoms with van der Waals surface area (Å²) in [6, 6.07) is 0. The van der Waals surface area contributed by atoms with Crippen LogP contribution in [0.2, 0.25) is 0 Å². The molecule has 0 aromatic rings. The van der Waals surface area contributed by atoms with E-state index >= 15 is 0 Å². The van der Waals surface area contributed by atoms with E-state index in [2.05, 4.69) is 4.79 Å². The van der Waals surface area contributed by atoms with Crippen LogP contribution in [0.15, 0.2) is 0 Å². The van der Waals surface area contributed by atoms with Gasteiger partial charge in [-0.2, -0.15) is 4.79 Å². The maximum Gasteiger partial charge on any atom is 0.309 e. The van der Waals surface area contributed by atoms with E-state index in [0.29, 0.717) is 0 Å². The van der Waals surface area contributed by atoms with E-state index in [1.165, 1.54) is 0 Å². The molecule has 0 aliphatic heterocycles. The minimum absolute atomic E-state index is 0.0361. The van der Waals surface area contributed by atoms with E-state index in [9.17, 15) is 4.79 Å². The summed E-state index contributed by atoms with van der Waals surface area (Å²) in [7, 11) is 0. The number of nitrogens with zero attached hydrogens (tertiary/aromatic N) is 2. The highest BCUT2D eigenvalue weighted by molar-refractivity contribution is 5.80. The van der Waals surface area contributed by atoms with E-state index in [1.807, 2.05) is 20.8 Å². The van der Waals surface area contributed by atoms with Gasteiger partial charge in [-0.25, -0.2) is 0 Å². The minimum atomic E-state index is -0.393. The number of hydrogen-bond acceptors (Lipinski definition) is 2. The van der Waals surface area contributed by atoms with Crippen molar-refractivity contribution in [3.8, 4) is 0 Å². The summed E-state index contributed by atoms with van der Waals surface area (Å²) in [6.45, 7) is 5.75. The minimum Gasteiger partial charge on any atom is -0.460 e. The molecule has 0 N–H and O–H groups in total. The Hall–Kier alpha value is -1.15. The third-order valence-electron chi connectivity index (χ3n) is 4.47. The van der Waals surface area contributed by atoms with Gasteiger partial charge >= 0.3 is 5.97 Å². The van der Waals surface area contributed by atoms with Gasteiger partial charge in [-0.1, -0.05) is 0 Å². The van der Waals surface area contributed by atoms with Gasteiger partial charge in [0, 0.05) is 12.8 Å². The molecule has 2 saturated carbocycles. The molecule has 1 spiro atoms. The smallest absolute Gasteiger partial charge is 0.309 e. The van der Waals surface area contributed by atoms with Crippen molar-refractivity contribution in [3.63, 3.8) is 0 Å². The number of hydrogen-bond donors (Lipinski definition) is 0. The van der Waals surface area contributed by atoms with Crippen LogP contribution in [0.25, 0.3) is 5.53 Å². The van der Waals surface area contributed by atoms with Gasteiger partial charge in [-0.05, 0) is 58.3 Å². The summed E-state index contributed by atoms with van der Waals surface area (Å²) in [5.74, 6) is 0.0258. The fraction of sp³-hybridized carbons (Fsp3) is 0.867. The summed E-state index contributed by atoms with van der Waals surface area (Å²) < 4.78 is 5.50. The molecule has 0 radical (unpaired) electrons. The molecule has 0 aromatic carbocycles. The molecule has 2 aliphatic rings. The Morgan fingerprint density at radius 2 is 1.95 bits per heavy atom. The molecule has 4 nitrogen and oxygen atoms in total. The van der Waals surface area contributed by atoms with E-state index < -0.39 is 5.60 Å². The Labute approximate surface area is 115 Å². The highest BCUT2D eigenvalue weighted by Crippen LogP contribution is 2.51. The van der Waals surface area contributed by atoms with Crippen molar-refractivity contribution in [2.45, 2.75) is 71.3 Å². The van der Waals surface area contributed by atoms with Crippen molar-refractivity contribution in [2.24, 2.45) is 11.3 Å². The molecule has 0 amide bonds. The van der Waals surface area contributed by atoms with Gasteiger partial charge in [0.15, 0.2) is 0 Å². The lowest BCUT2D eigenvalue weighted by Crippen LogP contribution is -2.30. The largest absolute Gasteiger partial charge is 0.460 e. The molecule has 0 unspecified atom stereocenters. The number of rotatable bonds is 1. The van der Waals surface area contributed by atoms with Crippen LogP contribution in [-0.4, -0.2) is 22.1 Å². The van der Waals surface area contributed by atoms with E-state index in [-0.39, 0.29) is 17.3 Å². The van der Waals surface area contributed by atoms with Gasteiger partial charge < -0.3 is 10.3 Å². The third-order valence-corrected chi connectivity index (χ3v) is 4.47. The lowest BCUT2D eigenvalue weighted by Gasteiger charge is -2.31. The standard InChI is InChI=1S/C15H24N2O2/c1-14(2,3)19-13(18)11-4-7-15(10-11)8-5-12(17-16)6-9-15/h11H,4-10H2,1-3H3/t11-/m1/s1. The number of carbonyl (C=O) groups is 1. The lowest BCUT2D eigenvalue weighted by molar-refractivity contribution is -0.160. The number of carbonyl (C=O) groups excluding carboxylic acids is 1. The van der Waals surface area contributed by atoms with E-state index in [0.717, 1.165) is 50.7 Å².